The Morgan fingerprint density at radius 1 is 1.15 bits per heavy atom. The van der Waals surface area contributed by atoms with Crippen LogP contribution in [-0.4, -0.2) is 22.0 Å². The van der Waals surface area contributed by atoms with E-state index >= 15 is 0 Å². The summed E-state index contributed by atoms with van der Waals surface area (Å²) in [6.45, 7) is 8.19. The highest BCUT2D eigenvalue weighted by Crippen LogP contribution is 2.18. The summed E-state index contributed by atoms with van der Waals surface area (Å²) in [5, 5.41) is 3.91. The molecule has 0 atom stereocenters. The summed E-state index contributed by atoms with van der Waals surface area (Å²) in [5.74, 6) is 0.445. The fourth-order valence-electron chi connectivity index (χ4n) is 2.73. The van der Waals surface area contributed by atoms with Gasteiger partial charge in [0.2, 0.25) is 5.88 Å². The van der Waals surface area contributed by atoms with E-state index < -0.39 is 0 Å². The van der Waals surface area contributed by atoms with E-state index in [1.165, 1.54) is 0 Å². The SMILES string of the molecule is Cc1ccc2nc(C)c(C(=O)NCc3ccc(OC(C)C)nc3)cc2c1. The Balaban J connectivity index is 1.71. The van der Waals surface area contributed by atoms with Gasteiger partial charge >= 0.3 is 0 Å². The average Bonchev–Trinajstić information content (AvgIpc) is 2.60. The molecule has 0 bridgehead atoms. The minimum atomic E-state index is -0.138. The highest BCUT2D eigenvalue weighted by Gasteiger charge is 2.12. The van der Waals surface area contributed by atoms with E-state index in [1.807, 2.05) is 64.1 Å². The van der Waals surface area contributed by atoms with Gasteiger partial charge in [-0.15, -0.1) is 0 Å². The van der Waals surface area contributed by atoms with Crippen LogP contribution in [0.3, 0.4) is 0 Å². The molecule has 2 heterocycles. The molecule has 134 valence electrons. The maximum Gasteiger partial charge on any atom is 0.253 e. The van der Waals surface area contributed by atoms with Crippen LogP contribution in [0, 0.1) is 13.8 Å². The lowest BCUT2D eigenvalue weighted by atomic mass is 10.1. The predicted octanol–water partition coefficient (Wildman–Crippen LogP) is 3.96. The van der Waals surface area contributed by atoms with Gasteiger partial charge in [-0.1, -0.05) is 17.7 Å². The number of hydrogen-bond donors (Lipinski definition) is 1. The molecule has 0 aliphatic heterocycles. The molecular weight excluding hydrogens is 326 g/mol. The lowest BCUT2D eigenvalue weighted by Gasteiger charge is -2.11. The second kappa shape index (κ2) is 7.52. The summed E-state index contributed by atoms with van der Waals surface area (Å²) >= 11 is 0. The maximum atomic E-state index is 12.6. The second-order valence-electron chi connectivity index (χ2n) is 6.67. The number of ether oxygens (including phenoxy) is 1. The van der Waals surface area contributed by atoms with Crippen LogP contribution in [0.1, 0.15) is 41.0 Å². The van der Waals surface area contributed by atoms with Crippen LogP contribution in [0.4, 0.5) is 0 Å². The van der Waals surface area contributed by atoms with Crippen molar-refractivity contribution in [2.24, 2.45) is 0 Å². The summed E-state index contributed by atoms with van der Waals surface area (Å²) < 4.78 is 5.52. The minimum Gasteiger partial charge on any atom is -0.475 e. The standard InChI is InChI=1S/C21H23N3O2/c1-13(2)26-20-8-6-16(11-22-20)12-23-21(25)18-10-17-9-14(3)5-7-19(17)24-15(18)4/h5-11,13H,12H2,1-4H3,(H,23,25). The first-order valence-corrected chi connectivity index (χ1v) is 8.70. The molecule has 1 amide bonds. The molecule has 0 fully saturated rings. The van der Waals surface area contributed by atoms with Crippen molar-refractivity contribution in [2.45, 2.75) is 40.3 Å². The monoisotopic (exact) mass is 349 g/mol. The quantitative estimate of drug-likeness (QED) is 0.757. The fourth-order valence-corrected chi connectivity index (χ4v) is 2.73. The Labute approximate surface area is 153 Å². The number of pyridine rings is 2. The van der Waals surface area contributed by atoms with Crippen molar-refractivity contribution in [3.05, 3.63) is 65.0 Å². The Kier molecular flexibility index (Phi) is 5.16. The molecule has 0 unspecified atom stereocenters. The number of carbonyl (C=O) groups is 1. The zero-order valence-electron chi connectivity index (χ0n) is 15.5. The van der Waals surface area contributed by atoms with E-state index in [4.69, 9.17) is 4.74 Å². The van der Waals surface area contributed by atoms with Gasteiger partial charge in [0.05, 0.1) is 22.9 Å². The molecule has 3 aromatic rings. The molecule has 0 aliphatic carbocycles. The summed E-state index contributed by atoms with van der Waals surface area (Å²) in [4.78, 5) is 21.4. The van der Waals surface area contributed by atoms with Gasteiger partial charge in [0, 0.05) is 24.2 Å². The summed E-state index contributed by atoms with van der Waals surface area (Å²) in [5.41, 5.74) is 4.27. The normalized spacial score (nSPS) is 11.0. The molecule has 0 aliphatic rings. The van der Waals surface area contributed by atoms with Crippen molar-refractivity contribution in [3.63, 3.8) is 0 Å². The van der Waals surface area contributed by atoms with Crippen molar-refractivity contribution in [2.75, 3.05) is 0 Å². The summed E-state index contributed by atoms with van der Waals surface area (Å²) in [6.07, 6.45) is 1.80. The van der Waals surface area contributed by atoms with Crippen LogP contribution in [0.5, 0.6) is 5.88 Å². The third-order valence-electron chi connectivity index (χ3n) is 4.01. The molecule has 0 saturated heterocycles. The number of benzene rings is 1. The van der Waals surface area contributed by atoms with Gasteiger partial charge in [-0.2, -0.15) is 0 Å². The molecule has 5 nitrogen and oxygen atoms in total. The Morgan fingerprint density at radius 3 is 2.65 bits per heavy atom. The van der Waals surface area contributed by atoms with Gasteiger partial charge in [0.15, 0.2) is 0 Å². The molecule has 1 aromatic carbocycles. The maximum absolute atomic E-state index is 12.6. The number of rotatable bonds is 5. The second-order valence-corrected chi connectivity index (χ2v) is 6.67. The van der Waals surface area contributed by atoms with Crippen LogP contribution in [0.2, 0.25) is 0 Å². The van der Waals surface area contributed by atoms with Gasteiger partial charge < -0.3 is 10.1 Å². The molecule has 0 radical (unpaired) electrons. The molecule has 26 heavy (non-hydrogen) atoms. The number of carbonyl (C=O) groups excluding carboxylic acids is 1. The van der Waals surface area contributed by atoms with E-state index in [0.29, 0.717) is 18.0 Å². The number of fused-ring (bicyclic) bond motifs is 1. The number of aromatic nitrogens is 2. The van der Waals surface area contributed by atoms with Crippen LogP contribution < -0.4 is 10.1 Å². The van der Waals surface area contributed by atoms with Gasteiger partial charge in [0.1, 0.15) is 0 Å². The Hall–Kier alpha value is -2.95. The Morgan fingerprint density at radius 2 is 1.96 bits per heavy atom. The highest BCUT2D eigenvalue weighted by atomic mass is 16.5. The molecular formula is C21H23N3O2. The third-order valence-corrected chi connectivity index (χ3v) is 4.01. The van der Waals surface area contributed by atoms with E-state index in [2.05, 4.69) is 15.3 Å². The first kappa shape index (κ1) is 17.9. The topological polar surface area (TPSA) is 64.1 Å². The highest BCUT2D eigenvalue weighted by molar-refractivity contribution is 5.98. The average molecular weight is 349 g/mol. The van der Waals surface area contributed by atoms with Crippen LogP contribution in [0.25, 0.3) is 10.9 Å². The van der Waals surface area contributed by atoms with E-state index in [0.717, 1.165) is 27.7 Å². The molecule has 0 spiro atoms. The van der Waals surface area contributed by atoms with Crippen molar-refractivity contribution in [3.8, 4) is 5.88 Å². The molecule has 3 rings (SSSR count). The van der Waals surface area contributed by atoms with Crippen molar-refractivity contribution in [1.29, 1.82) is 0 Å². The molecule has 5 heteroatoms. The van der Waals surface area contributed by atoms with Crippen LogP contribution in [-0.2, 0) is 6.54 Å². The van der Waals surface area contributed by atoms with Crippen molar-refractivity contribution < 1.29 is 9.53 Å². The van der Waals surface area contributed by atoms with E-state index in [9.17, 15) is 4.79 Å². The number of amides is 1. The summed E-state index contributed by atoms with van der Waals surface area (Å²) in [6, 6.07) is 11.7. The summed E-state index contributed by atoms with van der Waals surface area (Å²) in [7, 11) is 0. The molecule has 0 saturated carbocycles. The Bertz CT molecular complexity index is 934. The van der Waals surface area contributed by atoms with Gasteiger partial charge in [0.25, 0.3) is 5.91 Å². The van der Waals surface area contributed by atoms with Crippen molar-refractivity contribution in [1.82, 2.24) is 15.3 Å². The number of nitrogens with zero attached hydrogens (tertiary/aromatic N) is 2. The predicted molar refractivity (Wildman–Crippen MR) is 102 cm³/mol. The van der Waals surface area contributed by atoms with Crippen molar-refractivity contribution >= 4 is 16.8 Å². The number of nitrogens with one attached hydrogen (secondary N) is 1. The largest absolute Gasteiger partial charge is 0.475 e. The van der Waals surface area contributed by atoms with Crippen LogP contribution >= 0.6 is 0 Å². The van der Waals surface area contributed by atoms with Crippen LogP contribution in [0.15, 0.2) is 42.6 Å². The number of hydrogen-bond acceptors (Lipinski definition) is 4. The smallest absolute Gasteiger partial charge is 0.253 e. The minimum absolute atomic E-state index is 0.0834. The fraction of sp³-hybridized carbons (Fsp3) is 0.286. The van der Waals surface area contributed by atoms with Gasteiger partial charge in [-0.25, -0.2) is 4.98 Å². The lowest BCUT2D eigenvalue weighted by molar-refractivity contribution is 0.0950. The zero-order valence-corrected chi connectivity index (χ0v) is 15.5. The molecule has 1 N–H and O–H groups in total. The van der Waals surface area contributed by atoms with E-state index in [1.54, 1.807) is 6.20 Å². The van der Waals surface area contributed by atoms with Gasteiger partial charge in [-0.05, 0) is 51.5 Å². The first-order chi connectivity index (χ1) is 12.4. The first-order valence-electron chi connectivity index (χ1n) is 8.70. The lowest BCUT2D eigenvalue weighted by Crippen LogP contribution is -2.24. The van der Waals surface area contributed by atoms with Gasteiger partial charge in [-0.3, -0.25) is 9.78 Å². The van der Waals surface area contributed by atoms with E-state index in [-0.39, 0.29) is 12.0 Å². The molecule has 2 aromatic heterocycles. The zero-order chi connectivity index (χ0) is 18.7. The number of aryl methyl sites for hydroxylation is 2. The third kappa shape index (κ3) is 4.17.